The Labute approximate surface area is 111 Å². The zero-order valence-electron chi connectivity index (χ0n) is 10.7. The lowest BCUT2D eigenvalue weighted by Crippen LogP contribution is -2.30. The molecule has 2 aromatic rings. The van der Waals surface area contributed by atoms with Gasteiger partial charge < -0.3 is 10.5 Å². The lowest BCUT2D eigenvalue weighted by molar-refractivity contribution is 0.397. The van der Waals surface area contributed by atoms with Crippen LogP contribution in [-0.4, -0.2) is 17.1 Å². The number of nitrogen functional groups attached to an aromatic ring is 1. The van der Waals surface area contributed by atoms with E-state index >= 15 is 0 Å². The van der Waals surface area contributed by atoms with Gasteiger partial charge in [0.25, 0.3) is 0 Å². The molecule has 0 amide bonds. The predicted molar refractivity (Wildman–Crippen MR) is 73.2 cm³/mol. The Kier molecular flexibility index (Phi) is 4.27. The molecular weight excluding hydrogens is 242 g/mol. The zero-order valence-corrected chi connectivity index (χ0v) is 10.7. The van der Waals surface area contributed by atoms with Crippen molar-refractivity contribution in [3.8, 4) is 5.88 Å². The highest BCUT2D eigenvalue weighted by atomic mass is 16.5. The van der Waals surface area contributed by atoms with Crippen molar-refractivity contribution >= 4 is 5.82 Å². The molecule has 0 aliphatic carbocycles. The number of nitrogens with zero attached hydrogens (tertiary/aromatic N) is 2. The smallest absolute Gasteiger partial charge is 0.212 e. The SMILES string of the molecule is COc1ccc(CC(NN)c2cccnc2N)cn1. The molecule has 0 saturated heterocycles. The topological polar surface area (TPSA) is 99.1 Å². The van der Waals surface area contributed by atoms with Gasteiger partial charge in [-0.05, 0) is 18.1 Å². The number of nitrogens with one attached hydrogen (secondary N) is 1. The van der Waals surface area contributed by atoms with Crippen LogP contribution in [0.4, 0.5) is 5.82 Å². The summed E-state index contributed by atoms with van der Waals surface area (Å²) in [6, 6.07) is 7.40. The van der Waals surface area contributed by atoms with E-state index in [1.54, 1.807) is 19.5 Å². The quantitative estimate of drug-likeness (QED) is 0.543. The van der Waals surface area contributed by atoms with Gasteiger partial charge in [-0.25, -0.2) is 9.97 Å². The number of pyridine rings is 2. The molecule has 1 unspecified atom stereocenters. The minimum atomic E-state index is -0.108. The standard InChI is InChI=1S/C13H17N5O/c1-19-12-5-4-9(8-17-12)7-11(18-15)10-3-2-6-16-13(10)14/h2-6,8,11,18H,7,15H2,1H3,(H2,14,16). The minimum absolute atomic E-state index is 0.108. The van der Waals surface area contributed by atoms with Crippen LogP contribution in [-0.2, 0) is 6.42 Å². The zero-order chi connectivity index (χ0) is 13.7. The van der Waals surface area contributed by atoms with Crippen LogP contribution in [0.25, 0.3) is 0 Å². The molecule has 5 N–H and O–H groups in total. The first-order valence-electron chi connectivity index (χ1n) is 5.90. The highest BCUT2D eigenvalue weighted by molar-refractivity contribution is 5.41. The number of hydrogen-bond acceptors (Lipinski definition) is 6. The summed E-state index contributed by atoms with van der Waals surface area (Å²) >= 11 is 0. The van der Waals surface area contributed by atoms with Crippen molar-refractivity contribution in [1.29, 1.82) is 0 Å². The van der Waals surface area contributed by atoms with Gasteiger partial charge in [0.1, 0.15) is 5.82 Å². The van der Waals surface area contributed by atoms with Crippen LogP contribution < -0.4 is 21.7 Å². The van der Waals surface area contributed by atoms with E-state index in [4.69, 9.17) is 16.3 Å². The Morgan fingerprint density at radius 1 is 1.32 bits per heavy atom. The maximum atomic E-state index is 5.85. The fourth-order valence-corrected chi connectivity index (χ4v) is 1.87. The van der Waals surface area contributed by atoms with E-state index in [0.29, 0.717) is 18.1 Å². The van der Waals surface area contributed by atoms with Crippen LogP contribution in [0.5, 0.6) is 5.88 Å². The average molecular weight is 259 g/mol. The Bertz CT molecular complexity index is 529. The molecule has 0 radical (unpaired) electrons. The van der Waals surface area contributed by atoms with Gasteiger partial charge in [-0.15, -0.1) is 0 Å². The molecule has 0 aliphatic heterocycles. The molecule has 0 spiro atoms. The van der Waals surface area contributed by atoms with E-state index in [9.17, 15) is 0 Å². The van der Waals surface area contributed by atoms with Crippen molar-refractivity contribution in [2.45, 2.75) is 12.5 Å². The van der Waals surface area contributed by atoms with E-state index in [-0.39, 0.29) is 6.04 Å². The van der Waals surface area contributed by atoms with Crippen LogP contribution in [0.3, 0.4) is 0 Å². The maximum absolute atomic E-state index is 5.85. The number of methoxy groups -OCH3 is 1. The average Bonchev–Trinajstić information content (AvgIpc) is 2.46. The molecule has 1 atom stereocenters. The number of rotatable bonds is 5. The normalized spacial score (nSPS) is 12.1. The van der Waals surface area contributed by atoms with Crippen molar-refractivity contribution in [3.63, 3.8) is 0 Å². The molecule has 0 bridgehead atoms. The summed E-state index contributed by atoms with van der Waals surface area (Å²) in [7, 11) is 1.59. The van der Waals surface area contributed by atoms with Gasteiger partial charge in [-0.2, -0.15) is 0 Å². The molecule has 2 aromatic heterocycles. The van der Waals surface area contributed by atoms with Gasteiger partial charge in [0, 0.05) is 24.0 Å². The number of hydrogen-bond donors (Lipinski definition) is 3. The van der Waals surface area contributed by atoms with Crippen molar-refractivity contribution in [2.75, 3.05) is 12.8 Å². The summed E-state index contributed by atoms with van der Waals surface area (Å²) in [6.45, 7) is 0. The third-order valence-electron chi connectivity index (χ3n) is 2.89. The molecule has 19 heavy (non-hydrogen) atoms. The molecule has 6 heteroatoms. The molecule has 0 aromatic carbocycles. The predicted octanol–water partition coefficient (Wildman–Crippen LogP) is 0.815. The number of anilines is 1. The lowest BCUT2D eigenvalue weighted by atomic mass is 10.0. The first-order valence-corrected chi connectivity index (χ1v) is 5.90. The van der Waals surface area contributed by atoms with E-state index in [1.807, 2.05) is 24.3 Å². The van der Waals surface area contributed by atoms with Crippen LogP contribution in [0, 0.1) is 0 Å². The molecule has 100 valence electrons. The summed E-state index contributed by atoms with van der Waals surface area (Å²) in [5, 5.41) is 0. The highest BCUT2D eigenvalue weighted by Gasteiger charge is 2.14. The molecular formula is C13H17N5O. The molecule has 2 rings (SSSR count). The summed E-state index contributed by atoms with van der Waals surface area (Å²) in [6.07, 6.45) is 4.08. The second-order valence-electron chi connectivity index (χ2n) is 4.11. The van der Waals surface area contributed by atoms with Gasteiger partial charge >= 0.3 is 0 Å². The van der Waals surface area contributed by atoms with Crippen molar-refractivity contribution in [3.05, 3.63) is 47.8 Å². The van der Waals surface area contributed by atoms with E-state index in [2.05, 4.69) is 15.4 Å². The van der Waals surface area contributed by atoms with Crippen LogP contribution in [0.1, 0.15) is 17.2 Å². The first-order chi connectivity index (χ1) is 9.24. The third-order valence-corrected chi connectivity index (χ3v) is 2.89. The Balaban J connectivity index is 2.17. The van der Waals surface area contributed by atoms with E-state index < -0.39 is 0 Å². The first kappa shape index (κ1) is 13.3. The van der Waals surface area contributed by atoms with Gasteiger partial charge in [0.15, 0.2) is 0 Å². The van der Waals surface area contributed by atoms with Gasteiger partial charge in [0.05, 0.1) is 13.2 Å². The highest BCUT2D eigenvalue weighted by Crippen LogP contribution is 2.21. The lowest BCUT2D eigenvalue weighted by Gasteiger charge is -2.17. The molecule has 6 nitrogen and oxygen atoms in total. The maximum Gasteiger partial charge on any atom is 0.212 e. The van der Waals surface area contributed by atoms with Crippen molar-refractivity contribution in [1.82, 2.24) is 15.4 Å². The molecule has 2 heterocycles. The number of hydrazine groups is 1. The van der Waals surface area contributed by atoms with Crippen molar-refractivity contribution in [2.24, 2.45) is 5.84 Å². The minimum Gasteiger partial charge on any atom is -0.481 e. The summed E-state index contributed by atoms with van der Waals surface area (Å²) in [5.74, 6) is 6.66. The summed E-state index contributed by atoms with van der Waals surface area (Å²) in [4.78, 5) is 8.23. The van der Waals surface area contributed by atoms with Gasteiger partial charge in [-0.1, -0.05) is 12.1 Å². The van der Waals surface area contributed by atoms with Crippen molar-refractivity contribution < 1.29 is 4.74 Å². The Hall–Kier alpha value is -2.18. The summed E-state index contributed by atoms with van der Waals surface area (Å²) in [5.41, 5.74) is 10.5. The number of ether oxygens (including phenoxy) is 1. The Morgan fingerprint density at radius 2 is 2.16 bits per heavy atom. The largest absolute Gasteiger partial charge is 0.481 e. The second kappa shape index (κ2) is 6.12. The fraction of sp³-hybridized carbons (Fsp3) is 0.231. The molecule has 0 saturated carbocycles. The van der Waals surface area contributed by atoms with Crippen LogP contribution in [0.15, 0.2) is 36.7 Å². The third kappa shape index (κ3) is 3.18. The number of aromatic nitrogens is 2. The van der Waals surface area contributed by atoms with E-state index in [1.165, 1.54) is 0 Å². The summed E-state index contributed by atoms with van der Waals surface area (Å²) < 4.78 is 5.02. The van der Waals surface area contributed by atoms with Gasteiger partial charge in [-0.3, -0.25) is 11.3 Å². The number of nitrogens with two attached hydrogens (primary N) is 2. The van der Waals surface area contributed by atoms with Crippen LogP contribution >= 0.6 is 0 Å². The fourth-order valence-electron chi connectivity index (χ4n) is 1.87. The Morgan fingerprint density at radius 3 is 2.74 bits per heavy atom. The van der Waals surface area contributed by atoms with Crippen LogP contribution in [0.2, 0.25) is 0 Å². The second-order valence-corrected chi connectivity index (χ2v) is 4.11. The monoisotopic (exact) mass is 259 g/mol. The van der Waals surface area contributed by atoms with E-state index in [0.717, 1.165) is 11.1 Å². The molecule has 0 aliphatic rings. The molecule has 0 fully saturated rings. The van der Waals surface area contributed by atoms with Gasteiger partial charge in [0.2, 0.25) is 5.88 Å².